The van der Waals surface area contributed by atoms with Crippen LogP contribution in [0.15, 0.2) is 77.7 Å². The molecule has 160 valence electrons. The molecule has 3 aromatic carbocycles. The number of amides is 1. The zero-order valence-electron chi connectivity index (χ0n) is 17.0. The maximum atomic E-state index is 12.7. The molecule has 31 heavy (non-hydrogen) atoms. The van der Waals surface area contributed by atoms with Gasteiger partial charge in [0.15, 0.2) is 0 Å². The SMILES string of the molecule is COC(=O)c1ccc(S(=O)(=O)Oc2cccc(C(=O)NCc3ccccc3)c2)c(C)c1. The lowest BCUT2D eigenvalue weighted by molar-refractivity contribution is 0.0600. The van der Waals surface area contributed by atoms with Crippen LogP contribution in [0.3, 0.4) is 0 Å². The van der Waals surface area contributed by atoms with Crippen molar-refractivity contribution in [3.05, 3.63) is 95.1 Å². The number of rotatable bonds is 7. The van der Waals surface area contributed by atoms with Crippen molar-refractivity contribution in [3.8, 4) is 5.75 Å². The smallest absolute Gasteiger partial charge is 0.339 e. The Hall–Kier alpha value is -3.65. The predicted molar refractivity (Wildman–Crippen MR) is 114 cm³/mol. The zero-order chi connectivity index (χ0) is 22.4. The minimum atomic E-state index is -4.17. The zero-order valence-corrected chi connectivity index (χ0v) is 17.8. The molecule has 0 aromatic heterocycles. The van der Waals surface area contributed by atoms with Crippen LogP contribution >= 0.6 is 0 Å². The van der Waals surface area contributed by atoms with Gasteiger partial charge < -0.3 is 14.2 Å². The predicted octanol–water partition coefficient (Wildman–Crippen LogP) is 3.48. The fourth-order valence-corrected chi connectivity index (χ4v) is 4.05. The minimum absolute atomic E-state index is 0.00352. The number of hydrogen-bond donors (Lipinski definition) is 1. The molecule has 0 aliphatic carbocycles. The molecule has 1 amide bonds. The van der Waals surface area contributed by atoms with Crippen LogP contribution in [-0.2, 0) is 21.4 Å². The Balaban J connectivity index is 1.75. The van der Waals surface area contributed by atoms with E-state index in [1.807, 2.05) is 30.3 Å². The van der Waals surface area contributed by atoms with Gasteiger partial charge in [-0.25, -0.2) is 4.79 Å². The number of carbonyl (C=O) groups excluding carboxylic acids is 2. The first kappa shape index (κ1) is 22.0. The van der Waals surface area contributed by atoms with Crippen molar-refractivity contribution in [1.29, 1.82) is 0 Å². The van der Waals surface area contributed by atoms with Gasteiger partial charge in [-0.05, 0) is 54.4 Å². The molecular formula is C23H21NO6S. The van der Waals surface area contributed by atoms with Gasteiger partial charge in [0.25, 0.3) is 5.91 Å². The highest BCUT2D eigenvalue weighted by atomic mass is 32.2. The number of methoxy groups -OCH3 is 1. The van der Waals surface area contributed by atoms with Gasteiger partial charge in [-0.1, -0.05) is 36.4 Å². The average molecular weight is 439 g/mol. The molecule has 0 unspecified atom stereocenters. The Kier molecular flexibility index (Phi) is 6.71. The third-order valence-electron chi connectivity index (χ3n) is 4.46. The lowest BCUT2D eigenvalue weighted by atomic mass is 10.1. The topological polar surface area (TPSA) is 98.8 Å². The molecule has 0 spiro atoms. The first-order valence-corrected chi connectivity index (χ1v) is 10.8. The van der Waals surface area contributed by atoms with Crippen LogP contribution in [-0.4, -0.2) is 27.4 Å². The second-order valence-electron chi connectivity index (χ2n) is 6.71. The summed E-state index contributed by atoms with van der Waals surface area (Å²) in [7, 11) is -2.93. The molecule has 3 rings (SSSR count). The molecule has 0 aliphatic rings. The summed E-state index contributed by atoms with van der Waals surface area (Å²) in [4.78, 5) is 24.0. The number of esters is 1. The van der Waals surface area contributed by atoms with E-state index in [2.05, 4.69) is 10.1 Å². The Morgan fingerprint density at radius 1 is 0.903 bits per heavy atom. The number of ether oxygens (including phenoxy) is 1. The Bertz CT molecular complexity index is 1210. The number of hydrogen-bond acceptors (Lipinski definition) is 6. The summed E-state index contributed by atoms with van der Waals surface area (Å²) in [6.07, 6.45) is 0. The summed E-state index contributed by atoms with van der Waals surface area (Å²) in [5, 5.41) is 2.78. The average Bonchev–Trinajstić information content (AvgIpc) is 2.77. The van der Waals surface area contributed by atoms with Gasteiger partial charge in [-0.2, -0.15) is 8.42 Å². The van der Waals surface area contributed by atoms with Crippen molar-refractivity contribution in [2.75, 3.05) is 7.11 Å². The van der Waals surface area contributed by atoms with E-state index in [0.29, 0.717) is 12.1 Å². The lowest BCUT2D eigenvalue weighted by Crippen LogP contribution is -2.22. The van der Waals surface area contributed by atoms with E-state index in [1.54, 1.807) is 13.0 Å². The molecule has 0 bridgehead atoms. The first-order valence-electron chi connectivity index (χ1n) is 9.36. The molecule has 0 aliphatic heterocycles. The van der Waals surface area contributed by atoms with E-state index in [9.17, 15) is 18.0 Å². The fraction of sp³-hybridized carbons (Fsp3) is 0.130. The molecule has 7 nitrogen and oxygen atoms in total. The Morgan fingerprint density at radius 3 is 2.32 bits per heavy atom. The van der Waals surface area contributed by atoms with Crippen molar-refractivity contribution < 1.29 is 26.9 Å². The van der Waals surface area contributed by atoms with E-state index in [1.165, 1.54) is 43.5 Å². The molecular weight excluding hydrogens is 418 g/mol. The second-order valence-corrected chi connectivity index (χ2v) is 8.22. The number of benzene rings is 3. The maximum Gasteiger partial charge on any atom is 0.339 e. The van der Waals surface area contributed by atoms with Crippen molar-refractivity contribution in [2.45, 2.75) is 18.4 Å². The maximum absolute atomic E-state index is 12.7. The van der Waals surface area contributed by atoms with Gasteiger partial charge in [-0.15, -0.1) is 0 Å². The van der Waals surface area contributed by atoms with Crippen LogP contribution in [0.5, 0.6) is 5.75 Å². The summed E-state index contributed by atoms with van der Waals surface area (Å²) in [6.45, 7) is 1.89. The fourth-order valence-electron chi connectivity index (χ4n) is 2.92. The minimum Gasteiger partial charge on any atom is -0.465 e. The second kappa shape index (κ2) is 9.44. The van der Waals surface area contributed by atoms with Gasteiger partial charge in [0.2, 0.25) is 0 Å². The highest BCUT2D eigenvalue weighted by molar-refractivity contribution is 7.87. The van der Waals surface area contributed by atoms with Gasteiger partial charge in [0, 0.05) is 12.1 Å². The standard InChI is InChI=1S/C23H21NO6S/c1-16-13-19(23(26)29-2)11-12-21(16)31(27,28)30-20-10-6-9-18(14-20)22(25)24-15-17-7-4-3-5-8-17/h3-14H,15H2,1-2H3,(H,24,25). The Morgan fingerprint density at radius 2 is 1.65 bits per heavy atom. The van der Waals surface area contributed by atoms with Crippen molar-refractivity contribution in [3.63, 3.8) is 0 Å². The van der Waals surface area contributed by atoms with Gasteiger partial charge >= 0.3 is 16.1 Å². The van der Waals surface area contributed by atoms with Crippen molar-refractivity contribution in [1.82, 2.24) is 5.32 Å². The number of aryl methyl sites for hydroxylation is 1. The number of carbonyl (C=O) groups is 2. The molecule has 0 atom stereocenters. The molecule has 1 N–H and O–H groups in total. The monoisotopic (exact) mass is 439 g/mol. The largest absolute Gasteiger partial charge is 0.465 e. The summed E-state index contributed by atoms with van der Waals surface area (Å²) >= 11 is 0. The summed E-state index contributed by atoms with van der Waals surface area (Å²) in [5.41, 5.74) is 1.77. The summed E-state index contributed by atoms with van der Waals surface area (Å²) in [5.74, 6) is -0.920. The third kappa shape index (κ3) is 5.49. The van der Waals surface area contributed by atoms with Crippen LogP contribution in [0.2, 0.25) is 0 Å². The molecule has 0 fully saturated rings. The first-order chi connectivity index (χ1) is 14.8. The van der Waals surface area contributed by atoms with E-state index < -0.39 is 16.1 Å². The van der Waals surface area contributed by atoms with Crippen molar-refractivity contribution in [2.24, 2.45) is 0 Å². The highest BCUT2D eigenvalue weighted by Gasteiger charge is 2.21. The van der Waals surface area contributed by atoms with Gasteiger partial charge in [-0.3, -0.25) is 4.79 Å². The van der Waals surface area contributed by atoms with Crippen LogP contribution in [0.1, 0.15) is 31.8 Å². The molecule has 0 saturated carbocycles. The highest BCUT2D eigenvalue weighted by Crippen LogP contribution is 2.23. The molecule has 8 heteroatoms. The molecule has 3 aromatic rings. The molecule has 0 saturated heterocycles. The summed E-state index contributed by atoms with van der Waals surface area (Å²) in [6, 6.07) is 19.4. The van der Waals surface area contributed by atoms with E-state index in [0.717, 1.165) is 5.56 Å². The van der Waals surface area contributed by atoms with Gasteiger partial charge in [0.1, 0.15) is 10.6 Å². The molecule has 0 heterocycles. The van der Waals surface area contributed by atoms with E-state index >= 15 is 0 Å². The Labute approximate surface area is 180 Å². The van der Waals surface area contributed by atoms with Crippen LogP contribution in [0, 0.1) is 6.92 Å². The number of nitrogens with one attached hydrogen (secondary N) is 1. The quantitative estimate of drug-likeness (QED) is 0.447. The van der Waals surface area contributed by atoms with Crippen LogP contribution < -0.4 is 9.50 Å². The molecule has 0 radical (unpaired) electrons. The van der Waals surface area contributed by atoms with E-state index in [4.69, 9.17) is 4.18 Å². The van der Waals surface area contributed by atoms with E-state index in [-0.39, 0.29) is 27.7 Å². The van der Waals surface area contributed by atoms with Gasteiger partial charge in [0.05, 0.1) is 12.7 Å². The normalized spacial score (nSPS) is 10.9. The van der Waals surface area contributed by atoms with Crippen LogP contribution in [0.25, 0.3) is 0 Å². The third-order valence-corrected chi connectivity index (χ3v) is 5.87. The summed E-state index contributed by atoms with van der Waals surface area (Å²) < 4.78 is 35.3. The lowest BCUT2D eigenvalue weighted by Gasteiger charge is -2.11. The van der Waals surface area contributed by atoms with Crippen LogP contribution in [0.4, 0.5) is 0 Å². The van der Waals surface area contributed by atoms with Crippen molar-refractivity contribution >= 4 is 22.0 Å².